The molecule has 0 unspecified atom stereocenters. The third-order valence-corrected chi connectivity index (χ3v) is 7.38. The molecule has 8 nitrogen and oxygen atoms in total. The van der Waals surface area contributed by atoms with Crippen LogP contribution < -0.4 is 10.6 Å². The number of ether oxygens (including phenoxy) is 2. The summed E-state index contributed by atoms with van der Waals surface area (Å²) >= 11 is 0. The minimum Gasteiger partial charge on any atom is -0.389 e. The number of pyridine rings is 1. The predicted molar refractivity (Wildman–Crippen MR) is 141 cm³/mol. The molecule has 0 amide bonds. The SMILES string of the molecule is Cc1c(-c2nc(N[C@@H]3CCOC[C@H]3O)ncc2F)ccc2ncc(CN[C@@H]3CCCOC3)c(C(C)C)c12. The van der Waals surface area contributed by atoms with E-state index in [1.807, 2.05) is 25.3 Å². The standard InChI is InChI=1S/C28H36FN5O3/c1-16(2)25-18(11-30-19-5-4-9-36-14-19)12-31-23-7-6-20(17(3)26(23)25)27-21(29)13-32-28(34-27)33-22-8-10-37-15-24(22)35/h6-7,12-13,16,19,22,24,30,35H,4-5,8-11,14-15H2,1-3H3,(H,32,33,34)/t19-,22-,24-/m1/s1. The zero-order valence-electron chi connectivity index (χ0n) is 21.8. The molecule has 0 bridgehead atoms. The van der Waals surface area contributed by atoms with Gasteiger partial charge in [-0.25, -0.2) is 14.4 Å². The Kier molecular flexibility index (Phi) is 7.95. The lowest BCUT2D eigenvalue weighted by atomic mass is 9.89. The molecule has 1 aromatic carbocycles. The van der Waals surface area contributed by atoms with Gasteiger partial charge in [-0.1, -0.05) is 19.9 Å². The van der Waals surface area contributed by atoms with Crippen molar-refractivity contribution < 1.29 is 19.0 Å². The normalized spacial score (nSPS) is 22.5. The number of benzene rings is 1. The highest BCUT2D eigenvalue weighted by molar-refractivity contribution is 5.92. The molecule has 37 heavy (non-hydrogen) atoms. The van der Waals surface area contributed by atoms with Crippen LogP contribution in [0, 0.1) is 12.7 Å². The lowest BCUT2D eigenvalue weighted by molar-refractivity contribution is -0.0136. The smallest absolute Gasteiger partial charge is 0.223 e. The number of hydrogen-bond acceptors (Lipinski definition) is 8. The number of hydrogen-bond donors (Lipinski definition) is 3. The van der Waals surface area contributed by atoms with E-state index < -0.39 is 11.9 Å². The molecule has 0 saturated carbocycles. The van der Waals surface area contributed by atoms with Crippen LogP contribution in [0.3, 0.4) is 0 Å². The largest absolute Gasteiger partial charge is 0.389 e. The molecular formula is C28H36FN5O3. The number of aliphatic hydroxyl groups excluding tert-OH is 1. The fourth-order valence-electron chi connectivity index (χ4n) is 5.42. The summed E-state index contributed by atoms with van der Waals surface area (Å²) in [5.74, 6) is 0.0488. The number of aromatic nitrogens is 3. The summed E-state index contributed by atoms with van der Waals surface area (Å²) in [4.78, 5) is 13.4. The van der Waals surface area contributed by atoms with Crippen LogP contribution in [0.5, 0.6) is 0 Å². The number of nitrogens with zero attached hydrogens (tertiary/aromatic N) is 3. The first kappa shape index (κ1) is 25.9. The highest BCUT2D eigenvalue weighted by atomic mass is 19.1. The lowest BCUT2D eigenvalue weighted by Gasteiger charge is -2.28. The molecule has 3 atom stereocenters. The average Bonchev–Trinajstić information content (AvgIpc) is 2.90. The van der Waals surface area contributed by atoms with Gasteiger partial charge in [-0.15, -0.1) is 0 Å². The van der Waals surface area contributed by atoms with Gasteiger partial charge in [0.05, 0.1) is 37.1 Å². The average molecular weight is 510 g/mol. The van der Waals surface area contributed by atoms with E-state index in [9.17, 15) is 5.11 Å². The van der Waals surface area contributed by atoms with Crippen LogP contribution in [0.2, 0.25) is 0 Å². The third-order valence-electron chi connectivity index (χ3n) is 7.38. The van der Waals surface area contributed by atoms with Crippen molar-refractivity contribution in [1.82, 2.24) is 20.3 Å². The molecule has 2 saturated heterocycles. The van der Waals surface area contributed by atoms with Crippen molar-refractivity contribution in [2.24, 2.45) is 0 Å². The molecule has 3 aromatic rings. The monoisotopic (exact) mass is 509 g/mol. The molecule has 9 heteroatoms. The van der Waals surface area contributed by atoms with E-state index >= 15 is 4.39 Å². The van der Waals surface area contributed by atoms with Crippen LogP contribution in [0.25, 0.3) is 22.2 Å². The summed E-state index contributed by atoms with van der Waals surface area (Å²) < 4.78 is 26.0. The molecule has 2 aliphatic rings. The molecular weight excluding hydrogens is 473 g/mol. The minimum absolute atomic E-state index is 0.232. The Morgan fingerprint density at radius 1 is 1.11 bits per heavy atom. The Hall–Kier alpha value is -2.72. The number of nitrogens with one attached hydrogen (secondary N) is 2. The first-order chi connectivity index (χ1) is 17.9. The fourth-order valence-corrected chi connectivity index (χ4v) is 5.42. The molecule has 0 spiro atoms. The number of aliphatic hydroxyl groups is 1. The molecule has 0 aliphatic carbocycles. The minimum atomic E-state index is -0.667. The van der Waals surface area contributed by atoms with Crippen LogP contribution in [0.15, 0.2) is 24.5 Å². The van der Waals surface area contributed by atoms with Crippen LogP contribution in [0.4, 0.5) is 10.3 Å². The highest BCUT2D eigenvalue weighted by Crippen LogP contribution is 2.36. The van der Waals surface area contributed by atoms with Gasteiger partial charge in [0, 0.05) is 42.9 Å². The van der Waals surface area contributed by atoms with Gasteiger partial charge in [-0.05, 0) is 54.9 Å². The molecule has 0 radical (unpaired) electrons. The summed E-state index contributed by atoms with van der Waals surface area (Å²) in [5.41, 5.74) is 5.12. The van der Waals surface area contributed by atoms with E-state index in [2.05, 4.69) is 34.4 Å². The molecule has 5 rings (SSSR count). The van der Waals surface area contributed by atoms with E-state index in [-0.39, 0.29) is 30.2 Å². The van der Waals surface area contributed by atoms with Crippen LogP contribution >= 0.6 is 0 Å². The van der Waals surface area contributed by atoms with Crippen molar-refractivity contribution in [3.63, 3.8) is 0 Å². The van der Waals surface area contributed by atoms with Crippen molar-refractivity contribution in [2.75, 3.05) is 31.7 Å². The number of halogens is 1. The van der Waals surface area contributed by atoms with Gasteiger partial charge in [0.2, 0.25) is 5.95 Å². The second-order valence-corrected chi connectivity index (χ2v) is 10.4. The second kappa shape index (κ2) is 11.3. The summed E-state index contributed by atoms with van der Waals surface area (Å²) in [5, 5.41) is 18.1. The van der Waals surface area contributed by atoms with E-state index in [1.54, 1.807) is 0 Å². The number of aryl methyl sites for hydroxylation is 1. The molecule has 2 aromatic heterocycles. The second-order valence-electron chi connectivity index (χ2n) is 10.4. The summed E-state index contributed by atoms with van der Waals surface area (Å²) in [7, 11) is 0. The van der Waals surface area contributed by atoms with Gasteiger partial charge in [-0.3, -0.25) is 4.98 Å². The number of anilines is 1. The molecule has 3 N–H and O–H groups in total. The summed E-state index contributed by atoms with van der Waals surface area (Å²) in [6, 6.07) is 3.91. The Labute approximate surface area is 217 Å². The van der Waals surface area contributed by atoms with Gasteiger partial charge in [0.15, 0.2) is 5.82 Å². The quantitative estimate of drug-likeness (QED) is 0.438. The van der Waals surface area contributed by atoms with Gasteiger partial charge in [0.25, 0.3) is 0 Å². The van der Waals surface area contributed by atoms with E-state index in [4.69, 9.17) is 14.5 Å². The highest BCUT2D eigenvalue weighted by Gasteiger charge is 2.25. The van der Waals surface area contributed by atoms with Crippen molar-refractivity contribution in [3.05, 3.63) is 47.0 Å². The lowest BCUT2D eigenvalue weighted by Crippen LogP contribution is -2.42. The van der Waals surface area contributed by atoms with Gasteiger partial charge in [0.1, 0.15) is 5.69 Å². The zero-order valence-corrected chi connectivity index (χ0v) is 21.8. The van der Waals surface area contributed by atoms with Crippen LogP contribution in [-0.2, 0) is 16.0 Å². The zero-order chi connectivity index (χ0) is 25.9. The predicted octanol–water partition coefficient (Wildman–Crippen LogP) is 4.09. The topological polar surface area (TPSA) is 101 Å². The van der Waals surface area contributed by atoms with Gasteiger partial charge in [-0.2, -0.15) is 0 Å². The first-order valence-corrected chi connectivity index (χ1v) is 13.2. The maximum absolute atomic E-state index is 15.1. The van der Waals surface area contributed by atoms with Gasteiger partial charge < -0.3 is 25.2 Å². The Morgan fingerprint density at radius 3 is 2.70 bits per heavy atom. The maximum atomic E-state index is 15.1. The first-order valence-electron chi connectivity index (χ1n) is 13.2. The van der Waals surface area contributed by atoms with E-state index in [0.29, 0.717) is 31.2 Å². The Morgan fingerprint density at radius 2 is 1.95 bits per heavy atom. The summed E-state index contributed by atoms with van der Waals surface area (Å²) in [6.07, 6.45) is 5.28. The Bertz CT molecular complexity index is 1250. The Balaban J connectivity index is 1.51. The molecule has 2 aliphatic heterocycles. The van der Waals surface area contributed by atoms with E-state index in [1.165, 1.54) is 11.8 Å². The maximum Gasteiger partial charge on any atom is 0.223 e. The van der Waals surface area contributed by atoms with Crippen molar-refractivity contribution in [3.8, 4) is 11.3 Å². The van der Waals surface area contributed by atoms with Crippen molar-refractivity contribution in [2.45, 2.75) is 70.7 Å². The third kappa shape index (κ3) is 5.60. The number of fused-ring (bicyclic) bond motifs is 1. The molecule has 198 valence electrons. The van der Waals surface area contributed by atoms with Crippen LogP contribution in [-0.4, -0.2) is 64.7 Å². The van der Waals surface area contributed by atoms with Gasteiger partial charge >= 0.3 is 0 Å². The van der Waals surface area contributed by atoms with Crippen molar-refractivity contribution >= 4 is 16.9 Å². The molecule has 2 fully saturated rings. The summed E-state index contributed by atoms with van der Waals surface area (Å²) in [6.45, 7) is 9.44. The molecule has 4 heterocycles. The van der Waals surface area contributed by atoms with Crippen LogP contribution in [0.1, 0.15) is 55.7 Å². The number of rotatable bonds is 7. The van der Waals surface area contributed by atoms with Crippen molar-refractivity contribution in [1.29, 1.82) is 0 Å². The van der Waals surface area contributed by atoms with E-state index in [0.717, 1.165) is 48.1 Å². The fraction of sp³-hybridized carbons (Fsp3) is 0.536.